The van der Waals surface area contributed by atoms with Crippen LogP contribution in [0.5, 0.6) is 5.75 Å². The molecule has 1 aromatic carbocycles. The van der Waals surface area contributed by atoms with Crippen LogP contribution >= 0.6 is 0 Å². The Labute approximate surface area is 120 Å². The second kappa shape index (κ2) is 7.10. The Morgan fingerprint density at radius 3 is 2.55 bits per heavy atom. The maximum absolute atomic E-state index is 5.69. The van der Waals surface area contributed by atoms with Gasteiger partial charge in [-0.2, -0.15) is 0 Å². The highest BCUT2D eigenvalue weighted by Gasteiger charge is 2.07. The van der Waals surface area contributed by atoms with E-state index in [0.717, 1.165) is 30.2 Å². The van der Waals surface area contributed by atoms with E-state index in [1.165, 1.54) is 5.56 Å². The molecular formula is C16H22N2O2. The maximum Gasteiger partial charge on any atom is 0.134 e. The summed E-state index contributed by atoms with van der Waals surface area (Å²) in [6, 6.07) is 10.5. The Bertz CT molecular complexity index is 520. The lowest BCUT2D eigenvalue weighted by Crippen LogP contribution is -2.19. The molecule has 0 fully saturated rings. The van der Waals surface area contributed by atoms with Crippen LogP contribution in [0.3, 0.4) is 0 Å². The minimum Gasteiger partial charge on any atom is -0.487 e. The van der Waals surface area contributed by atoms with Gasteiger partial charge < -0.3 is 14.6 Å². The molecule has 108 valence electrons. The number of benzene rings is 1. The van der Waals surface area contributed by atoms with E-state index in [-0.39, 0.29) is 0 Å². The summed E-state index contributed by atoms with van der Waals surface area (Å²) in [5.74, 6) is 1.65. The zero-order chi connectivity index (χ0) is 14.4. The third-order valence-corrected chi connectivity index (χ3v) is 3.20. The third kappa shape index (κ3) is 3.84. The SMILES string of the molecule is CCNC(CC)c1ccc(OCc2cc(C)on2)cc1. The van der Waals surface area contributed by atoms with Crippen molar-refractivity contribution >= 4 is 0 Å². The van der Waals surface area contributed by atoms with E-state index < -0.39 is 0 Å². The van der Waals surface area contributed by atoms with E-state index in [4.69, 9.17) is 9.26 Å². The van der Waals surface area contributed by atoms with Gasteiger partial charge in [-0.3, -0.25) is 0 Å². The number of hydrogen-bond acceptors (Lipinski definition) is 4. The molecule has 1 heterocycles. The van der Waals surface area contributed by atoms with Crippen molar-refractivity contribution in [1.82, 2.24) is 10.5 Å². The van der Waals surface area contributed by atoms with Crippen molar-refractivity contribution in [2.75, 3.05) is 6.54 Å². The van der Waals surface area contributed by atoms with Gasteiger partial charge in [0.05, 0.1) is 0 Å². The lowest BCUT2D eigenvalue weighted by atomic mass is 10.0. The molecule has 0 saturated carbocycles. The first kappa shape index (κ1) is 14.6. The van der Waals surface area contributed by atoms with Crippen LogP contribution in [0.1, 0.15) is 43.3 Å². The minimum atomic E-state index is 0.409. The smallest absolute Gasteiger partial charge is 0.134 e. The molecule has 1 aromatic heterocycles. The molecule has 1 unspecified atom stereocenters. The van der Waals surface area contributed by atoms with Crippen LogP contribution in [0.2, 0.25) is 0 Å². The molecule has 0 bridgehead atoms. The predicted molar refractivity (Wildman–Crippen MR) is 78.7 cm³/mol. The summed E-state index contributed by atoms with van der Waals surface area (Å²) in [6.45, 7) is 7.59. The molecule has 0 spiro atoms. The summed E-state index contributed by atoms with van der Waals surface area (Å²) < 4.78 is 10.7. The van der Waals surface area contributed by atoms with E-state index in [1.807, 2.05) is 25.1 Å². The van der Waals surface area contributed by atoms with E-state index in [0.29, 0.717) is 12.6 Å². The molecule has 20 heavy (non-hydrogen) atoms. The van der Waals surface area contributed by atoms with Crippen LogP contribution in [-0.2, 0) is 6.61 Å². The molecule has 2 aromatic rings. The molecule has 2 rings (SSSR count). The van der Waals surface area contributed by atoms with Gasteiger partial charge >= 0.3 is 0 Å². The zero-order valence-electron chi connectivity index (χ0n) is 12.3. The molecule has 0 saturated heterocycles. The number of rotatable bonds is 7. The average molecular weight is 274 g/mol. The monoisotopic (exact) mass is 274 g/mol. The second-order valence-electron chi connectivity index (χ2n) is 4.81. The Morgan fingerprint density at radius 2 is 2.00 bits per heavy atom. The van der Waals surface area contributed by atoms with E-state index in [1.54, 1.807) is 0 Å². The van der Waals surface area contributed by atoms with Crippen LogP contribution in [-0.4, -0.2) is 11.7 Å². The van der Waals surface area contributed by atoms with Crippen LogP contribution < -0.4 is 10.1 Å². The van der Waals surface area contributed by atoms with Gasteiger partial charge in [0.1, 0.15) is 23.8 Å². The first-order valence-corrected chi connectivity index (χ1v) is 7.11. The molecule has 0 amide bonds. The quantitative estimate of drug-likeness (QED) is 0.837. The fraction of sp³-hybridized carbons (Fsp3) is 0.438. The largest absolute Gasteiger partial charge is 0.487 e. The molecule has 0 aliphatic heterocycles. The van der Waals surface area contributed by atoms with Crippen molar-refractivity contribution in [3.05, 3.63) is 47.3 Å². The standard InChI is InChI=1S/C16H22N2O2/c1-4-16(17-5-2)13-6-8-15(9-7-13)19-11-14-10-12(3)20-18-14/h6-10,16-17H,4-5,11H2,1-3H3. The molecular weight excluding hydrogens is 252 g/mol. The Hall–Kier alpha value is -1.81. The fourth-order valence-corrected chi connectivity index (χ4v) is 2.18. The summed E-state index contributed by atoms with van der Waals surface area (Å²) in [4.78, 5) is 0. The molecule has 0 aliphatic rings. The van der Waals surface area contributed by atoms with Gasteiger partial charge in [0.15, 0.2) is 0 Å². The third-order valence-electron chi connectivity index (χ3n) is 3.20. The summed E-state index contributed by atoms with van der Waals surface area (Å²) in [7, 11) is 0. The van der Waals surface area contributed by atoms with Crippen molar-refractivity contribution in [2.45, 2.75) is 39.8 Å². The van der Waals surface area contributed by atoms with E-state index >= 15 is 0 Å². The first-order valence-electron chi connectivity index (χ1n) is 7.11. The lowest BCUT2D eigenvalue weighted by Gasteiger charge is -2.16. The summed E-state index contributed by atoms with van der Waals surface area (Å²) >= 11 is 0. The summed E-state index contributed by atoms with van der Waals surface area (Å²) in [6.07, 6.45) is 1.08. The average Bonchev–Trinajstić information content (AvgIpc) is 2.89. The zero-order valence-corrected chi connectivity index (χ0v) is 12.3. The van der Waals surface area contributed by atoms with E-state index in [2.05, 4.69) is 36.5 Å². The summed E-state index contributed by atoms with van der Waals surface area (Å²) in [5, 5.41) is 7.37. The molecule has 4 nitrogen and oxygen atoms in total. The van der Waals surface area contributed by atoms with Gasteiger partial charge in [-0.25, -0.2) is 0 Å². The molecule has 0 radical (unpaired) electrons. The van der Waals surface area contributed by atoms with Gasteiger partial charge in [-0.15, -0.1) is 0 Å². The normalized spacial score (nSPS) is 12.3. The number of aromatic nitrogens is 1. The fourth-order valence-electron chi connectivity index (χ4n) is 2.18. The number of hydrogen-bond donors (Lipinski definition) is 1. The predicted octanol–water partition coefficient (Wildman–Crippen LogP) is 3.62. The van der Waals surface area contributed by atoms with Crippen molar-refractivity contribution in [3.8, 4) is 5.75 Å². The number of aryl methyl sites for hydroxylation is 1. The maximum atomic E-state index is 5.69. The first-order chi connectivity index (χ1) is 9.72. The molecule has 4 heteroatoms. The van der Waals surface area contributed by atoms with Crippen LogP contribution in [0, 0.1) is 6.92 Å². The molecule has 1 N–H and O–H groups in total. The number of ether oxygens (including phenoxy) is 1. The highest BCUT2D eigenvalue weighted by Crippen LogP contribution is 2.20. The van der Waals surface area contributed by atoms with Gasteiger partial charge in [0.2, 0.25) is 0 Å². The van der Waals surface area contributed by atoms with Crippen LogP contribution in [0.4, 0.5) is 0 Å². The van der Waals surface area contributed by atoms with Gasteiger partial charge in [0.25, 0.3) is 0 Å². The Balaban J connectivity index is 1.94. The Kier molecular flexibility index (Phi) is 5.18. The summed E-state index contributed by atoms with van der Waals surface area (Å²) in [5.41, 5.74) is 2.10. The van der Waals surface area contributed by atoms with Crippen LogP contribution in [0.25, 0.3) is 0 Å². The van der Waals surface area contributed by atoms with Crippen LogP contribution in [0.15, 0.2) is 34.9 Å². The van der Waals surface area contributed by atoms with Gasteiger partial charge in [-0.1, -0.05) is 31.1 Å². The second-order valence-corrected chi connectivity index (χ2v) is 4.81. The van der Waals surface area contributed by atoms with Crippen molar-refractivity contribution in [3.63, 3.8) is 0 Å². The van der Waals surface area contributed by atoms with Crippen molar-refractivity contribution < 1.29 is 9.26 Å². The van der Waals surface area contributed by atoms with Crippen molar-refractivity contribution in [2.24, 2.45) is 0 Å². The topological polar surface area (TPSA) is 47.3 Å². The van der Waals surface area contributed by atoms with Crippen molar-refractivity contribution in [1.29, 1.82) is 0 Å². The van der Waals surface area contributed by atoms with Gasteiger partial charge in [-0.05, 0) is 37.6 Å². The number of nitrogens with one attached hydrogen (secondary N) is 1. The van der Waals surface area contributed by atoms with Gasteiger partial charge in [0, 0.05) is 12.1 Å². The highest BCUT2D eigenvalue weighted by molar-refractivity contribution is 5.29. The van der Waals surface area contributed by atoms with E-state index in [9.17, 15) is 0 Å². The Morgan fingerprint density at radius 1 is 1.25 bits per heavy atom. The highest BCUT2D eigenvalue weighted by atomic mass is 16.5. The minimum absolute atomic E-state index is 0.409. The molecule has 1 atom stereocenters. The molecule has 0 aliphatic carbocycles. The lowest BCUT2D eigenvalue weighted by molar-refractivity contribution is 0.287. The number of nitrogens with zero attached hydrogens (tertiary/aromatic N) is 1.